The van der Waals surface area contributed by atoms with E-state index in [1.807, 2.05) is 0 Å². The number of halogens is 3. The van der Waals surface area contributed by atoms with Crippen molar-refractivity contribution in [1.29, 1.82) is 0 Å². The molecule has 0 aliphatic rings. The number of nitrogens with one attached hydrogen (secondary N) is 1. The summed E-state index contributed by atoms with van der Waals surface area (Å²) in [5.74, 6) is -1.47. The van der Waals surface area contributed by atoms with Crippen molar-refractivity contribution in [2.45, 2.75) is 0 Å². The Kier molecular flexibility index (Phi) is 6.10. The highest BCUT2D eigenvalue weighted by Gasteiger charge is 2.27. The topological polar surface area (TPSA) is 81.5 Å². The van der Waals surface area contributed by atoms with Crippen molar-refractivity contribution in [1.82, 2.24) is 0 Å². The van der Waals surface area contributed by atoms with Gasteiger partial charge < -0.3 is 10.1 Å². The fourth-order valence-electron chi connectivity index (χ4n) is 2.42. The molecule has 0 bridgehead atoms. The van der Waals surface area contributed by atoms with Crippen LogP contribution in [0, 0.1) is 19.5 Å². The maximum Gasteiger partial charge on any atom is 0.315 e. The molecule has 0 radical (unpaired) electrons. The summed E-state index contributed by atoms with van der Waals surface area (Å²) >= 11 is 8.23. The SMILES string of the molecule is O=Cc1cc([N+](=O)[O-])c(Oc2ccccc2)c(F)c1Nc1ccc(I)cc1Cl. The van der Waals surface area contributed by atoms with Crippen molar-refractivity contribution in [3.05, 3.63) is 84.7 Å². The molecule has 0 amide bonds. The second-order valence-corrected chi connectivity index (χ2v) is 7.20. The van der Waals surface area contributed by atoms with E-state index >= 15 is 4.39 Å². The fraction of sp³-hybridized carbons (Fsp3) is 0. The summed E-state index contributed by atoms with van der Waals surface area (Å²) in [5, 5.41) is 14.4. The van der Waals surface area contributed by atoms with Crippen LogP contribution in [0.25, 0.3) is 0 Å². The van der Waals surface area contributed by atoms with E-state index < -0.39 is 22.2 Å². The predicted molar refractivity (Wildman–Crippen MR) is 112 cm³/mol. The molecule has 28 heavy (non-hydrogen) atoms. The summed E-state index contributed by atoms with van der Waals surface area (Å²) in [6, 6.07) is 14.0. The summed E-state index contributed by atoms with van der Waals surface area (Å²) in [5.41, 5.74) is -0.833. The first kappa shape index (κ1) is 20.0. The third kappa shape index (κ3) is 4.23. The highest BCUT2D eigenvalue weighted by molar-refractivity contribution is 14.1. The molecule has 142 valence electrons. The predicted octanol–water partition coefficient (Wildman–Crippen LogP) is 6.34. The Labute approximate surface area is 177 Å². The van der Waals surface area contributed by atoms with Crippen LogP contribution < -0.4 is 10.1 Å². The fourth-order valence-corrected chi connectivity index (χ4v) is 3.33. The van der Waals surface area contributed by atoms with Crippen molar-refractivity contribution in [3.8, 4) is 11.5 Å². The second-order valence-electron chi connectivity index (χ2n) is 5.54. The molecule has 0 aromatic heterocycles. The van der Waals surface area contributed by atoms with Crippen LogP contribution in [0.1, 0.15) is 10.4 Å². The number of aldehydes is 1. The summed E-state index contributed by atoms with van der Waals surface area (Å²) in [7, 11) is 0. The lowest BCUT2D eigenvalue weighted by Crippen LogP contribution is -2.05. The Hall–Kier alpha value is -2.72. The molecule has 0 saturated carbocycles. The molecule has 0 atom stereocenters. The Morgan fingerprint density at radius 3 is 2.50 bits per heavy atom. The number of nitro groups is 1. The minimum atomic E-state index is -1.07. The minimum Gasteiger partial charge on any atom is -0.447 e. The van der Waals surface area contributed by atoms with E-state index in [2.05, 4.69) is 27.9 Å². The maximum atomic E-state index is 15.2. The van der Waals surface area contributed by atoms with Crippen molar-refractivity contribution in [2.75, 3.05) is 5.32 Å². The summed E-state index contributed by atoms with van der Waals surface area (Å²) in [6.07, 6.45) is 0.325. The van der Waals surface area contributed by atoms with Gasteiger partial charge in [-0.05, 0) is 52.9 Å². The number of hydrogen-bond donors (Lipinski definition) is 1. The van der Waals surface area contributed by atoms with Gasteiger partial charge in [0, 0.05) is 15.2 Å². The highest BCUT2D eigenvalue weighted by Crippen LogP contribution is 2.41. The van der Waals surface area contributed by atoms with Crippen molar-refractivity contribution >= 4 is 57.5 Å². The van der Waals surface area contributed by atoms with Gasteiger partial charge in [0.15, 0.2) is 12.1 Å². The number of hydrogen-bond acceptors (Lipinski definition) is 5. The van der Waals surface area contributed by atoms with Crippen LogP contribution >= 0.6 is 34.2 Å². The average Bonchev–Trinajstić information content (AvgIpc) is 2.67. The first-order valence-electron chi connectivity index (χ1n) is 7.81. The standard InChI is InChI=1S/C19H11ClFIN2O4/c20-14-9-12(22)6-7-15(14)23-18-11(10-25)8-16(24(26)27)19(17(18)21)28-13-4-2-1-3-5-13/h1-10,23H. The number of nitrogens with zero attached hydrogens (tertiary/aromatic N) is 1. The molecule has 0 saturated heterocycles. The molecular formula is C19H11ClFIN2O4. The number of para-hydroxylation sites is 1. The van der Waals surface area contributed by atoms with Crippen LogP contribution in [0.5, 0.6) is 11.5 Å². The van der Waals surface area contributed by atoms with Gasteiger partial charge in [-0.3, -0.25) is 14.9 Å². The third-order valence-electron chi connectivity index (χ3n) is 3.71. The van der Waals surface area contributed by atoms with Gasteiger partial charge in [0.1, 0.15) is 5.75 Å². The van der Waals surface area contributed by atoms with E-state index in [0.717, 1.165) is 9.64 Å². The Morgan fingerprint density at radius 2 is 1.89 bits per heavy atom. The number of nitro benzene ring substituents is 1. The molecule has 0 aliphatic carbocycles. The van der Waals surface area contributed by atoms with Gasteiger partial charge in [-0.15, -0.1) is 0 Å². The number of carbonyl (C=O) groups is 1. The molecule has 0 unspecified atom stereocenters. The zero-order chi connectivity index (χ0) is 20.3. The molecule has 0 heterocycles. The molecule has 6 nitrogen and oxygen atoms in total. The second kappa shape index (κ2) is 8.53. The van der Waals surface area contributed by atoms with Crippen LogP contribution in [0.15, 0.2) is 54.6 Å². The van der Waals surface area contributed by atoms with Crippen LogP contribution in [0.3, 0.4) is 0 Å². The molecule has 3 aromatic rings. The molecule has 3 rings (SSSR count). The van der Waals surface area contributed by atoms with Crippen molar-refractivity contribution in [3.63, 3.8) is 0 Å². The van der Waals surface area contributed by atoms with Gasteiger partial charge in [0.2, 0.25) is 5.75 Å². The number of benzene rings is 3. The minimum absolute atomic E-state index is 0.210. The lowest BCUT2D eigenvalue weighted by molar-refractivity contribution is -0.385. The first-order valence-corrected chi connectivity index (χ1v) is 9.27. The number of ether oxygens (including phenoxy) is 1. The summed E-state index contributed by atoms with van der Waals surface area (Å²) in [4.78, 5) is 22.0. The first-order chi connectivity index (χ1) is 13.4. The Balaban J connectivity index is 2.14. The normalized spacial score (nSPS) is 10.4. The molecule has 3 aromatic carbocycles. The van der Waals surface area contributed by atoms with E-state index in [-0.39, 0.29) is 17.0 Å². The van der Waals surface area contributed by atoms with Gasteiger partial charge in [-0.1, -0.05) is 29.8 Å². The van der Waals surface area contributed by atoms with E-state index in [1.54, 1.807) is 36.4 Å². The van der Waals surface area contributed by atoms with E-state index in [1.165, 1.54) is 12.1 Å². The highest BCUT2D eigenvalue weighted by atomic mass is 127. The van der Waals surface area contributed by atoms with Gasteiger partial charge >= 0.3 is 5.69 Å². The maximum absolute atomic E-state index is 15.2. The molecule has 0 fully saturated rings. The van der Waals surface area contributed by atoms with Crippen molar-refractivity contribution < 1.29 is 18.8 Å². The number of rotatable bonds is 6. The zero-order valence-corrected chi connectivity index (χ0v) is 16.9. The molecule has 0 spiro atoms. The van der Waals surface area contributed by atoms with Crippen LogP contribution in [0.2, 0.25) is 5.02 Å². The number of carbonyl (C=O) groups excluding carboxylic acids is 1. The van der Waals surface area contributed by atoms with E-state index in [0.29, 0.717) is 17.0 Å². The summed E-state index contributed by atoms with van der Waals surface area (Å²) < 4.78 is 21.5. The van der Waals surface area contributed by atoms with Gasteiger partial charge in [-0.25, -0.2) is 4.39 Å². The van der Waals surface area contributed by atoms with Gasteiger partial charge in [-0.2, -0.15) is 0 Å². The lowest BCUT2D eigenvalue weighted by atomic mass is 10.1. The molecule has 0 aliphatic heterocycles. The van der Waals surface area contributed by atoms with E-state index in [9.17, 15) is 14.9 Å². The zero-order valence-electron chi connectivity index (χ0n) is 14.0. The van der Waals surface area contributed by atoms with Crippen LogP contribution in [-0.4, -0.2) is 11.2 Å². The molecular weight excluding hydrogens is 502 g/mol. The third-order valence-corrected chi connectivity index (χ3v) is 4.69. The average molecular weight is 513 g/mol. The smallest absolute Gasteiger partial charge is 0.315 e. The summed E-state index contributed by atoms with van der Waals surface area (Å²) in [6.45, 7) is 0. The Morgan fingerprint density at radius 1 is 1.18 bits per heavy atom. The van der Waals surface area contributed by atoms with Crippen molar-refractivity contribution in [2.24, 2.45) is 0 Å². The Bertz CT molecular complexity index is 1060. The quantitative estimate of drug-likeness (QED) is 0.180. The monoisotopic (exact) mass is 512 g/mol. The molecule has 9 heteroatoms. The van der Waals surface area contributed by atoms with Gasteiger partial charge in [0.25, 0.3) is 0 Å². The van der Waals surface area contributed by atoms with E-state index in [4.69, 9.17) is 16.3 Å². The lowest BCUT2D eigenvalue weighted by Gasteiger charge is -2.15. The van der Waals surface area contributed by atoms with Crippen LogP contribution in [-0.2, 0) is 0 Å². The largest absolute Gasteiger partial charge is 0.447 e. The number of anilines is 2. The van der Waals surface area contributed by atoms with Gasteiger partial charge in [0.05, 0.1) is 21.3 Å². The van der Waals surface area contributed by atoms with Crippen LogP contribution in [0.4, 0.5) is 21.5 Å². The molecule has 1 N–H and O–H groups in total.